The van der Waals surface area contributed by atoms with E-state index in [2.05, 4.69) is 15.5 Å². The highest BCUT2D eigenvalue weighted by atomic mass is 16.5. The van der Waals surface area contributed by atoms with Crippen molar-refractivity contribution >= 4 is 28.6 Å². The van der Waals surface area contributed by atoms with E-state index in [9.17, 15) is 4.79 Å². The van der Waals surface area contributed by atoms with Gasteiger partial charge in [0.1, 0.15) is 6.54 Å². The quantitative estimate of drug-likeness (QED) is 0.646. The van der Waals surface area contributed by atoms with Crippen molar-refractivity contribution < 1.29 is 9.53 Å². The topological polar surface area (TPSA) is 71.4 Å². The van der Waals surface area contributed by atoms with Gasteiger partial charge >= 0.3 is 0 Å². The Morgan fingerprint density at radius 3 is 2.66 bits per heavy atom. The van der Waals surface area contributed by atoms with Crippen molar-refractivity contribution in [1.29, 1.82) is 0 Å². The number of benzene rings is 2. The lowest BCUT2D eigenvalue weighted by Gasteiger charge is -2.26. The molecule has 0 aliphatic carbocycles. The third-order valence-corrected chi connectivity index (χ3v) is 5.11. The van der Waals surface area contributed by atoms with Gasteiger partial charge < -0.3 is 19.9 Å². The summed E-state index contributed by atoms with van der Waals surface area (Å²) >= 11 is 0. The number of ether oxygens (including phenoxy) is 1. The largest absolute Gasteiger partial charge is 0.379 e. The molecule has 0 spiro atoms. The normalized spacial score (nSPS) is 14.8. The van der Waals surface area contributed by atoms with E-state index in [0.717, 1.165) is 67.6 Å². The minimum absolute atomic E-state index is 0.0757. The van der Waals surface area contributed by atoms with Crippen LogP contribution in [0.3, 0.4) is 0 Å². The smallest absolute Gasteiger partial charge is 0.244 e. The van der Waals surface area contributed by atoms with Gasteiger partial charge in [-0.25, -0.2) is 4.98 Å². The van der Waals surface area contributed by atoms with Gasteiger partial charge in [0.05, 0.1) is 24.2 Å². The van der Waals surface area contributed by atoms with Gasteiger partial charge in [-0.05, 0) is 31.2 Å². The molecular formula is C22H27N5O2. The minimum atomic E-state index is -0.0757. The maximum absolute atomic E-state index is 12.7. The number of carbonyl (C=O) groups excluding carboxylic acids is 1. The van der Waals surface area contributed by atoms with E-state index in [4.69, 9.17) is 9.72 Å². The van der Waals surface area contributed by atoms with Crippen LogP contribution in [-0.4, -0.2) is 59.8 Å². The number of nitrogens with one attached hydrogen (secondary N) is 2. The lowest BCUT2D eigenvalue weighted by atomic mass is 10.2. The highest BCUT2D eigenvalue weighted by molar-refractivity contribution is 5.92. The molecule has 152 valence electrons. The highest BCUT2D eigenvalue weighted by Crippen LogP contribution is 2.20. The summed E-state index contributed by atoms with van der Waals surface area (Å²) in [5.74, 6) is 0.645. The summed E-state index contributed by atoms with van der Waals surface area (Å²) in [6.07, 6.45) is 0. The average Bonchev–Trinajstić information content (AvgIpc) is 3.08. The van der Waals surface area contributed by atoms with E-state index in [1.54, 1.807) is 0 Å². The van der Waals surface area contributed by atoms with E-state index >= 15 is 0 Å². The Balaban J connectivity index is 1.45. The van der Waals surface area contributed by atoms with E-state index in [1.165, 1.54) is 0 Å². The molecule has 1 saturated heterocycles. The van der Waals surface area contributed by atoms with Crippen LogP contribution in [0.15, 0.2) is 48.5 Å². The van der Waals surface area contributed by atoms with Gasteiger partial charge in [-0.1, -0.05) is 29.8 Å². The molecule has 3 aromatic rings. The summed E-state index contributed by atoms with van der Waals surface area (Å²) in [7, 11) is 0. The molecule has 1 aliphatic rings. The Labute approximate surface area is 170 Å². The van der Waals surface area contributed by atoms with Gasteiger partial charge in [0.25, 0.3) is 0 Å². The monoisotopic (exact) mass is 393 g/mol. The second-order valence-electron chi connectivity index (χ2n) is 7.31. The summed E-state index contributed by atoms with van der Waals surface area (Å²) < 4.78 is 7.34. The third kappa shape index (κ3) is 4.93. The number of aryl methyl sites for hydroxylation is 1. The molecule has 29 heavy (non-hydrogen) atoms. The van der Waals surface area contributed by atoms with Crippen molar-refractivity contribution in [3.63, 3.8) is 0 Å². The number of nitrogens with zero attached hydrogens (tertiary/aromatic N) is 3. The lowest BCUT2D eigenvalue weighted by molar-refractivity contribution is -0.116. The maximum Gasteiger partial charge on any atom is 0.244 e. The first-order chi connectivity index (χ1) is 14.2. The average molecular weight is 393 g/mol. The van der Waals surface area contributed by atoms with Gasteiger partial charge in [0.15, 0.2) is 0 Å². The first kappa shape index (κ1) is 19.4. The van der Waals surface area contributed by atoms with Gasteiger partial charge in [-0.15, -0.1) is 0 Å². The van der Waals surface area contributed by atoms with Crippen molar-refractivity contribution in [3.8, 4) is 0 Å². The first-order valence-electron chi connectivity index (χ1n) is 10.0. The third-order valence-electron chi connectivity index (χ3n) is 5.11. The van der Waals surface area contributed by atoms with Crippen LogP contribution in [0.1, 0.15) is 5.56 Å². The fraction of sp³-hybridized carbons (Fsp3) is 0.364. The number of amides is 1. The molecule has 0 atom stereocenters. The van der Waals surface area contributed by atoms with Crippen molar-refractivity contribution in [2.45, 2.75) is 13.5 Å². The van der Waals surface area contributed by atoms with Gasteiger partial charge in [0, 0.05) is 31.9 Å². The number of carbonyl (C=O) groups is 1. The number of morpholine rings is 1. The summed E-state index contributed by atoms with van der Waals surface area (Å²) in [4.78, 5) is 19.7. The molecule has 1 aromatic heterocycles. The van der Waals surface area contributed by atoms with Crippen LogP contribution in [0.5, 0.6) is 0 Å². The van der Waals surface area contributed by atoms with E-state index < -0.39 is 0 Å². The number of hydrogen-bond donors (Lipinski definition) is 2. The van der Waals surface area contributed by atoms with Crippen molar-refractivity contribution in [2.24, 2.45) is 0 Å². The molecule has 0 unspecified atom stereocenters. The molecule has 7 nitrogen and oxygen atoms in total. The van der Waals surface area contributed by atoms with E-state index in [-0.39, 0.29) is 12.5 Å². The Kier molecular flexibility index (Phi) is 6.07. The number of aromatic nitrogens is 2. The van der Waals surface area contributed by atoms with Crippen molar-refractivity contribution in [3.05, 3.63) is 54.1 Å². The summed E-state index contributed by atoms with van der Waals surface area (Å²) in [5.41, 5.74) is 3.78. The molecule has 1 fully saturated rings. The molecule has 0 saturated carbocycles. The molecule has 0 radical (unpaired) electrons. The highest BCUT2D eigenvalue weighted by Gasteiger charge is 2.15. The number of hydrogen-bond acceptors (Lipinski definition) is 5. The zero-order chi connectivity index (χ0) is 20.1. The molecule has 7 heteroatoms. The van der Waals surface area contributed by atoms with Gasteiger partial charge in [-0.3, -0.25) is 9.69 Å². The fourth-order valence-corrected chi connectivity index (χ4v) is 3.50. The number of para-hydroxylation sites is 2. The zero-order valence-corrected chi connectivity index (χ0v) is 16.7. The molecule has 4 rings (SSSR count). The fourth-order valence-electron chi connectivity index (χ4n) is 3.50. The zero-order valence-electron chi connectivity index (χ0n) is 16.7. The van der Waals surface area contributed by atoms with Gasteiger partial charge in [-0.2, -0.15) is 0 Å². The van der Waals surface area contributed by atoms with Crippen molar-refractivity contribution in [2.75, 3.05) is 50.0 Å². The predicted molar refractivity (Wildman–Crippen MR) is 115 cm³/mol. The molecular weight excluding hydrogens is 366 g/mol. The SMILES string of the molecule is Cc1ccc(NC(=O)Cn2c(NCCN3CCOCC3)nc3ccccc32)cc1. The predicted octanol–water partition coefficient (Wildman–Crippen LogP) is 2.73. The lowest BCUT2D eigenvalue weighted by Crippen LogP contribution is -2.39. The molecule has 1 amide bonds. The molecule has 1 aliphatic heterocycles. The number of imidazole rings is 1. The Hall–Kier alpha value is -2.90. The second-order valence-corrected chi connectivity index (χ2v) is 7.31. The van der Waals surface area contributed by atoms with Crippen molar-refractivity contribution in [1.82, 2.24) is 14.5 Å². The van der Waals surface area contributed by atoms with Gasteiger partial charge in [0.2, 0.25) is 11.9 Å². The summed E-state index contributed by atoms with van der Waals surface area (Å²) in [6.45, 7) is 7.40. The molecule has 2 heterocycles. The minimum Gasteiger partial charge on any atom is -0.379 e. The van der Waals surface area contributed by atoms with Crippen LogP contribution in [0.2, 0.25) is 0 Å². The van der Waals surface area contributed by atoms with E-state index in [0.29, 0.717) is 0 Å². The van der Waals surface area contributed by atoms with Crippen LogP contribution >= 0.6 is 0 Å². The Morgan fingerprint density at radius 1 is 1.10 bits per heavy atom. The van der Waals surface area contributed by atoms with Crippen LogP contribution in [-0.2, 0) is 16.1 Å². The summed E-state index contributed by atoms with van der Waals surface area (Å²) in [5, 5.41) is 6.39. The Bertz CT molecular complexity index is 961. The maximum atomic E-state index is 12.7. The molecule has 0 bridgehead atoms. The number of rotatable bonds is 7. The Morgan fingerprint density at radius 2 is 1.86 bits per heavy atom. The summed E-state index contributed by atoms with van der Waals surface area (Å²) in [6, 6.07) is 15.7. The number of anilines is 2. The second kappa shape index (κ2) is 9.07. The standard InChI is InChI=1S/C22H27N5O2/c1-17-6-8-18(9-7-17)24-21(28)16-27-20-5-3-2-4-19(20)25-22(27)23-10-11-26-12-14-29-15-13-26/h2-9H,10-16H2,1H3,(H,23,25)(H,24,28). The van der Waals surface area contributed by atoms with Crippen LogP contribution in [0.4, 0.5) is 11.6 Å². The molecule has 2 N–H and O–H groups in total. The van der Waals surface area contributed by atoms with Crippen LogP contribution in [0, 0.1) is 6.92 Å². The van der Waals surface area contributed by atoms with E-state index in [1.807, 2.05) is 60.0 Å². The number of fused-ring (bicyclic) bond motifs is 1. The van der Waals surface area contributed by atoms with Crippen LogP contribution in [0.25, 0.3) is 11.0 Å². The first-order valence-corrected chi connectivity index (χ1v) is 10.0. The van der Waals surface area contributed by atoms with Crippen LogP contribution < -0.4 is 10.6 Å². The molecule has 2 aromatic carbocycles.